The van der Waals surface area contributed by atoms with E-state index in [0.29, 0.717) is 23.8 Å². The van der Waals surface area contributed by atoms with Crippen LogP contribution in [0, 0.1) is 17.7 Å². The van der Waals surface area contributed by atoms with Crippen LogP contribution in [0.1, 0.15) is 24.8 Å². The molecule has 2 aliphatic rings. The summed E-state index contributed by atoms with van der Waals surface area (Å²) in [6.07, 6.45) is 5.62. The summed E-state index contributed by atoms with van der Waals surface area (Å²) in [7, 11) is 1.71. The lowest BCUT2D eigenvalue weighted by Crippen LogP contribution is -2.48. The van der Waals surface area contributed by atoms with E-state index in [1.165, 1.54) is 6.07 Å². The van der Waals surface area contributed by atoms with Gasteiger partial charge in [-0.05, 0) is 55.3 Å². The highest BCUT2D eigenvalue weighted by Crippen LogP contribution is 2.38. The lowest BCUT2D eigenvalue weighted by molar-refractivity contribution is 0.143. The third-order valence-electron chi connectivity index (χ3n) is 4.97. The Hall–Kier alpha value is -1.75. The molecule has 1 heterocycles. The molecule has 1 aliphatic carbocycles. The summed E-state index contributed by atoms with van der Waals surface area (Å²) in [6.45, 7) is 0.911. The van der Waals surface area contributed by atoms with E-state index in [0.717, 1.165) is 37.6 Å². The maximum absolute atomic E-state index is 14.0. The van der Waals surface area contributed by atoms with Crippen LogP contribution in [0.25, 0.3) is 0 Å². The van der Waals surface area contributed by atoms with Crippen molar-refractivity contribution in [2.45, 2.75) is 31.7 Å². The Bertz CT molecular complexity index is 588. The van der Waals surface area contributed by atoms with Gasteiger partial charge in [-0.3, -0.25) is 0 Å². The molecule has 1 aliphatic heterocycles. The Labute approximate surface area is 129 Å². The molecule has 0 radical (unpaired) electrons. The summed E-state index contributed by atoms with van der Waals surface area (Å²) in [6, 6.07) is 2.48. The van der Waals surface area contributed by atoms with Gasteiger partial charge in [-0.2, -0.15) is 0 Å². The van der Waals surface area contributed by atoms with Gasteiger partial charge in [0.1, 0.15) is 5.82 Å². The van der Waals surface area contributed by atoms with E-state index in [4.69, 9.17) is 4.74 Å². The molecule has 1 saturated heterocycles. The summed E-state index contributed by atoms with van der Waals surface area (Å²) in [5.74, 6) is 0.900. The number of phenols is 2. The van der Waals surface area contributed by atoms with Crippen LogP contribution in [0.5, 0.6) is 11.5 Å². The van der Waals surface area contributed by atoms with E-state index in [1.807, 2.05) is 0 Å². The minimum Gasteiger partial charge on any atom is -0.504 e. The van der Waals surface area contributed by atoms with Crippen molar-refractivity contribution in [2.75, 3.05) is 13.7 Å². The summed E-state index contributed by atoms with van der Waals surface area (Å²) in [5.41, 5.74) is 0.440. The number of hydrogen-bond acceptors (Lipinski definition) is 4. The third kappa shape index (κ3) is 2.90. The third-order valence-corrected chi connectivity index (χ3v) is 4.97. The van der Waals surface area contributed by atoms with Gasteiger partial charge in [0.25, 0.3) is 0 Å². The minimum absolute atomic E-state index is 0.173. The standard InChI is InChI=1S/C17H22FNO3/c1-22-12-2-3-13-10(6-12)4-5-19-15(13)7-11-8-16(20)17(21)9-14(11)18/h2,8-10,13,15,19-21H,3-7H2,1H3/t10?,13?,15-/m1/s1. The second kappa shape index (κ2) is 6.16. The Morgan fingerprint density at radius 2 is 2.09 bits per heavy atom. The number of rotatable bonds is 3. The zero-order chi connectivity index (χ0) is 15.7. The number of piperidine rings is 1. The molecule has 2 unspecified atom stereocenters. The highest BCUT2D eigenvalue weighted by atomic mass is 19.1. The zero-order valence-corrected chi connectivity index (χ0v) is 12.7. The van der Waals surface area contributed by atoms with Crippen LogP contribution < -0.4 is 5.32 Å². The van der Waals surface area contributed by atoms with Gasteiger partial charge >= 0.3 is 0 Å². The summed E-state index contributed by atoms with van der Waals surface area (Å²) >= 11 is 0. The molecular weight excluding hydrogens is 285 g/mol. The predicted molar refractivity (Wildman–Crippen MR) is 81.1 cm³/mol. The van der Waals surface area contributed by atoms with Crippen molar-refractivity contribution in [3.05, 3.63) is 35.3 Å². The number of allylic oxidation sites excluding steroid dienone is 2. The van der Waals surface area contributed by atoms with Gasteiger partial charge in [-0.1, -0.05) is 0 Å². The number of methoxy groups -OCH3 is 1. The molecule has 120 valence electrons. The number of aromatic hydroxyl groups is 2. The van der Waals surface area contributed by atoms with Crippen LogP contribution in [-0.4, -0.2) is 29.9 Å². The largest absolute Gasteiger partial charge is 0.504 e. The van der Waals surface area contributed by atoms with Gasteiger partial charge in [0.2, 0.25) is 0 Å². The van der Waals surface area contributed by atoms with Crippen molar-refractivity contribution in [1.82, 2.24) is 5.32 Å². The van der Waals surface area contributed by atoms with E-state index in [-0.39, 0.29) is 11.8 Å². The zero-order valence-electron chi connectivity index (χ0n) is 12.7. The molecule has 0 spiro atoms. The van der Waals surface area contributed by atoms with Crippen molar-refractivity contribution in [3.8, 4) is 11.5 Å². The average molecular weight is 307 g/mol. The molecule has 0 saturated carbocycles. The highest BCUT2D eigenvalue weighted by Gasteiger charge is 2.35. The van der Waals surface area contributed by atoms with Gasteiger partial charge in [-0.15, -0.1) is 0 Å². The van der Waals surface area contributed by atoms with Crippen LogP contribution in [0.15, 0.2) is 24.0 Å². The van der Waals surface area contributed by atoms with Gasteiger partial charge in [0.15, 0.2) is 11.5 Å². The number of hydrogen-bond donors (Lipinski definition) is 3. The van der Waals surface area contributed by atoms with E-state index in [1.54, 1.807) is 7.11 Å². The molecule has 3 rings (SSSR count). The molecule has 1 fully saturated rings. The van der Waals surface area contributed by atoms with Crippen LogP contribution >= 0.6 is 0 Å². The number of benzene rings is 1. The van der Waals surface area contributed by atoms with E-state index in [2.05, 4.69) is 11.4 Å². The molecule has 22 heavy (non-hydrogen) atoms. The van der Waals surface area contributed by atoms with Crippen molar-refractivity contribution in [3.63, 3.8) is 0 Å². The summed E-state index contributed by atoms with van der Waals surface area (Å²) in [5, 5.41) is 22.4. The molecule has 5 heteroatoms. The average Bonchev–Trinajstić information content (AvgIpc) is 2.52. The van der Waals surface area contributed by atoms with Crippen LogP contribution in [0.2, 0.25) is 0 Å². The fourth-order valence-corrected chi connectivity index (χ4v) is 3.75. The Balaban J connectivity index is 1.78. The molecule has 0 bridgehead atoms. The number of fused-ring (bicyclic) bond motifs is 1. The van der Waals surface area contributed by atoms with Gasteiger partial charge < -0.3 is 20.3 Å². The number of nitrogens with one attached hydrogen (secondary N) is 1. The molecule has 4 nitrogen and oxygen atoms in total. The monoisotopic (exact) mass is 307 g/mol. The molecule has 1 aromatic rings. The Morgan fingerprint density at radius 1 is 1.32 bits per heavy atom. The quantitative estimate of drug-likeness (QED) is 0.751. The van der Waals surface area contributed by atoms with E-state index < -0.39 is 11.6 Å². The van der Waals surface area contributed by atoms with E-state index >= 15 is 0 Å². The molecule has 0 aromatic heterocycles. The topological polar surface area (TPSA) is 61.7 Å². The van der Waals surface area contributed by atoms with Crippen molar-refractivity contribution in [1.29, 1.82) is 0 Å². The normalized spacial score (nSPS) is 27.9. The number of halogens is 1. The van der Waals surface area contributed by atoms with Gasteiger partial charge in [0.05, 0.1) is 12.9 Å². The number of ether oxygens (including phenoxy) is 1. The Kier molecular flexibility index (Phi) is 4.25. The lowest BCUT2D eigenvalue weighted by Gasteiger charge is -2.41. The maximum atomic E-state index is 14.0. The smallest absolute Gasteiger partial charge is 0.160 e. The second-order valence-electron chi connectivity index (χ2n) is 6.22. The summed E-state index contributed by atoms with van der Waals surface area (Å²) in [4.78, 5) is 0. The summed E-state index contributed by atoms with van der Waals surface area (Å²) < 4.78 is 19.4. The lowest BCUT2D eigenvalue weighted by atomic mass is 9.72. The van der Waals surface area contributed by atoms with Crippen molar-refractivity contribution in [2.24, 2.45) is 11.8 Å². The molecule has 1 aromatic carbocycles. The highest BCUT2D eigenvalue weighted by molar-refractivity contribution is 5.41. The molecular formula is C17H22FNO3. The predicted octanol–water partition coefficient (Wildman–Crippen LogP) is 2.70. The Morgan fingerprint density at radius 3 is 2.86 bits per heavy atom. The first-order valence-corrected chi connectivity index (χ1v) is 7.75. The van der Waals surface area contributed by atoms with Gasteiger partial charge in [-0.25, -0.2) is 4.39 Å². The first-order valence-electron chi connectivity index (χ1n) is 7.75. The van der Waals surface area contributed by atoms with Crippen LogP contribution in [0.4, 0.5) is 4.39 Å². The van der Waals surface area contributed by atoms with Crippen LogP contribution in [0.3, 0.4) is 0 Å². The van der Waals surface area contributed by atoms with Crippen molar-refractivity contribution >= 4 is 0 Å². The molecule has 3 atom stereocenters. The fourth-order valence-electron chi connectivity index (χ4n) is 3.75. The van der Waals surface area contributed by atoms with Crippen LogP contribution in [-0.2, 0) is 11.2 Å². The SMILES string of the molecule is COC1=CCC2C(CCN[C@@H]2Cc2cc(O)c(O)cc2F)C1. The first-order chi connectivity index (χ1) is 10.6. The van der Waals surface area contributed by atoms with Crippen molar-refractivity contribution < 1.29 is 19.3 Å². The minimum atomic E-state index is -0.469. The first kappa shape index (κ1) is 15.2. The number of phenolic OH excluding ortho intramolecular Hbond substituents is 2. The van der Waals surface area contributed by atoms with Gasteiger partial charge in [0, 0.05) is 18.5 Å². The molecule has 0 amide bonds. The maximum Gasteiger partial charge on any atom is 0.160 e. The second-order valence-corrected chi connectivity index (χ2v) is 6.22. The fraction of sp³-hybridized carbons (Fsp3) is 0.529. The van der Waals surface area contributed by atoms with E-state index in [9.17, 15) is 14.6 Å². The molecule has 3 N–H and O–H groups in total.